The Morgan fingerprint density at radius 2 is 1.23 bits per heavy atom. The first-order chi connectivity index (χ1) is 27.3. The van der Waals surface area contributed by atoms with Gasteiger partial charge in [0.25, 0.3) is 0 Å². The second-order valence-corrected chi connectivity index (χ2v) is 16.4. The molecule has 2 heteroatoms. The summed E-state index contributed by atoms with van der Waals surface area (Å²) in [6.07, 6.45) is 8.04. The van der Waals surface area contributed by atoms with Gasteiger partial charge >= 0.3 is 0 Å². The number of fused-ring (bicyclic) bond motifs is 9. The van der Waals surface area contributed by atoms with E-state index < -0.39 is 0 Å². The lowest BCUT2D eigenvalue weighted by molar-refractivity contribution is 0.571. The average Bonchev–Trinajstić information content (AvgIpc) is 3.73. The molecule has 56 heavy (non-hydrogen) atoms. The zero-order chi connectivity index (χ0) is 37.6. The van der Waals surface area contributed by atoms with Gasteiger partial charge in [-0.15, -0.1) is 0 Å². The molecule has 2 nitrogen and oxygen atoms in total. The Labute approximate surface area is 327 Å². The van der Waals surface area contributed by atoms with Crippen LogP contribution in [0.4, 0.5) is 11.4 Å². The number of rotatable bonds is 5. The maximum absolute atomic E-state index is 6.20. The lowest BCUT2D eigenvalue weighted by atomic mass is 9.82. The molecule has 9 aromatic rings. The topological polar surface area (TPSA) is 16.4 Å². The van der Waals surface area contributed by atoms with Crippen LogP contribution < -0.4 is 4.90 Å². The van der Waals surface area contributed by atoms with Crippen molar-refractivity contribution < 1.29 is 4.42 Å². The molecule has 2 aliphatic rings. The molecule has 268 valence electrons. The molecule has 0 saturated carbocycles. The molecule has 0 fully saturated rings. The Balaban J connectivity index is 1.01. The summed E-state index contributed by atoms with van der Waals surface area (Å²) in [5.74, 6) is 0. The van der Waals surface area contributed by atoms with Crippen LogP contribution in [0.2, 0.25) is 0 Å². The van der Waals surface area contributed by atoms with E-state index in [1.807, 2.05) is 6.07 Å². The van der Waals surface area contributed by atoms with Gasteiger partial charge in [0.15, 0.2) is 0 Å². The van der Waals surface area contributed by atoms with Crippen molar-refractivity contribution in [3.63, 3.8) is 0 Å². The van der Waals surface area contributed by atoms with Crippen molar-refractivity contribution in [3.05, 3.63) is 199 Å². The Kier molecular flexibility index (Phi) is 7.13. The molecule has 8 aromatic carbocycles. The van der Waals surface area contributed by atoms with Crippen LogP contribution in [0.5, 0.6) is 0 Å². The minimum atomic E-state index is -0.327. The molecule has 0 bridgehead atoms. The molecule has 0 amide bonds. The number of para-hydroxylation sites is 1. The highest BCUT2D eigenvalue weighted by Crippen LogP contribution is 2.51. The van der Waals surface area contributed by atoms with Crippen LogP contribution in [0.1, 0.15) is 43.9 Å². The largest absolute Gasteiger partial charge is 0.456 e. The Hall–Kier alpha value is -6.64. The van der Waals surface area contributed by atoms with Gasteiger partial charge in [-0.25, -0.2) is 0 Å². The Morgan fingerprint density at radius 1 is 0.500 bits per heavy atom. The van der Waals surface area contributed by atoms with E-state index in [1.165, 1.54) is 82.8 Å². The van der Waals surface area contributed by atoms with E-state index in [0.717, 1.165) is 23.0 Å². The van der Waals surface area contributed by atoms with Gasteiger partial charge < -0.3 is 9.32 Å². The van der Waals surface area contributed by atoms with Crippen molar-refractivity contribution in [2.24, 2.45) is 0 Å². The lowest BCUT2D eigenvalue weighted by Gasteiger charge is -2.43. The number of hydrogen-bond acceptors (Lipinski definition) is 2. The summed E-state index contributed by atoms with van der Waals surface area (Å²) in [4.78, 5) is 2.57. The molecule has 0 radical (unpaired) electrons. The molecule has 0 saturated heterocycles. The Morgan fingerprint density at radius 3 is 2.12 bits per heavy atom. The normalized spacial score (nSPS) is 17.0. The number of hydrogen-bond donors (Lipinski definition) is 0. The van der Waals surface area contributed by atoms with Crippen molar-refractivity contribution in [2.45, 2.75) is 38.1 Å². The summed E-state index contributed by atoms with van der Waals surface area (Å²) in [6.45, 7) is 7.09. The molecule has 11 rings (SSSR count). The number of benzene rings is 8. The van der Waals surface area contributed by atoms with Crippen LogP contribution in [0, 0.1) is 0 Å². The molecule has 0 spiro atoms. The SMILES string of the molecule is CC1(C)c2ccccc2-c2cc(N(c3cccc(-c4ccc5ccccc5c4)c3)C3(C)C=CC(c4ccc5c(ccc6oc7ccccc7c65)c4)=CC3)ccc21. The van der Waals surface area contributed by atoms with Crippen LogP contribution in [0.15, 0.2) is 186 Å². The van der Waals surface area contributed by atoms with Crippen molar-refractivity contribution >= 4 is 60.4 Å². The van der Waals surface area contributed by atoms with E-state index in [0.29, 0.717) is 0 Å². The fourth-order valence-electron chi connectivity index (χ4n) is 9.61. The number of furan rings is 1. The van der Waals surface area contributed by atoms with Gasteiger partial charge in [-0.3, -0.25) is 0 Å². The highest BCUT2D eigenvalue weighted by molar-refractivity contribution is 6.19. The zero-order valence-electron chi connectivity index (χ0n) is 31.9. The third kappa shape index (κ3) is 5.02. The highest BCUT2D eigenvalue weighted by Gasteiger charge is 2.37. The molecule has 1 atom stereocenters. The van der Waals surface area contributed by atoms with Gasteiger partial charge in [-0.1, -0.05) is 147 Å². The predicted octanol–water partition coefficient (Wildman–Crippen LogP) is 14.8. The van der Waals surface area contributed by atoms with E-state index in [-0.39, 0.29) is 11.0 Å². The average molecular weight is 720 g/mol. The number of nitrogens with zero attached hydrogens (tertiary/aromatic N) is 1. The van der Waals surface area contributed by atoms with Crippen LogP contribution in [0.25, 0.3) is 71.3 Å². The molecule has 0 aliphatic heterocycles. The Bertz CT molecular complexity index is 3120. The molecule has 0 N–H and O–H groups in total. The third-order valence-corrected chi connectivity index (χ3v) is 12.6. The van der Waals surface area contributed by atoms with Gasteiger partial charge in [0.05, 0.1) is 5.54 Å². The van der Waals surface area contributed by atoms with Crippen LogP contribution in [0.3, 0.4) is 0 Å². The number of anilines is 2. The summed E-state index contributed by atoms with van der Waals surface area (Å²) in [5, 5.41) is 7.30. The summed E-state index contributed by atoms with van der Waals surface area (Å²) < 4.78 is 6.20. The fourth-order valence-corrected chi connectivity index (χ4v) is 9.61. The maximum atomic E-state index is 6.20. The summed E-state index contributed by atoms with van der Waals surface area (Å²) in [6, 6.07) is 60.1. The molecular formula is C54H41NO. The first-order valence-electron chi connectivity index (χ1n) is 19.7. The van der Waals surface area contributed by atoms with E-state index >= 15 is 0 Å². The molecular weight excluding hydrogens is 679 g/mol. The molecule has 1 unspecified atom stereocenters. The van der Waals surface area contributed by atoms with Crippen molar-refractivity contribution in [2.75, 3.05) is 4.90 Å². The van der Waals surface area contributed by atoms with Gasteiger partial charge in [0.2, 0.25) is 0 Å². The second kappa shape index (κ2) is 12.2. The smallest absolute Gasteiger partial charge is 0.136 e. The highest BCUT2D eigenvalue weighted by atomic mass is 16.3. The van der Waals surface area contributed by atoms with Crippen LogP contribution >= 0.6 is 0 Å². The fraction of sp³-hybridized carbons (Fsp3) is 0.111. The minimum absolute atomic E-state index is 0.0477. The number of allylic oxidation sites excluding steroid dienone is 2. The summed E-state index contributed by atoms with van der Waals surface area (Å²) in [7, 11) is 0. The standard InChI is InChI=1S/C54H41NO/c1-53(2)48-17-8-6-15-45(48)47-34-43(23-25-49(47)53)55(42-14-10-13-38(33-42)40-20-19-35-11-4-5-12-37(35)31-40)54(3)29-27-36(28-30-54)39-21-24-44-41(32-39)22-26-51-52(44)46-16-7-9-18-50(46)56-51/h4-29,31-34H,30H2,1-3H3. The maximum Gasteiger partial charge on any atom is 0.136 e. The van der Waals surface area contributed by atoms with E-state index in [2.05, 4.69) is 202 Å². The minimum Gasteiger partial charge on any atom is -0.456 e. The van der Waals surface area contributed by atoms with E-state index in [4.69, 9.17) is 4.42 Å². The lowest BCUT2D eigenvalue weighted by Crippen LogP contribution is -2.42. The molecule has 1 heterocycles. The first-order valence-corrected chi connectivity index (χ1v) is 19.7. The van der Waals surface area contributed by atoms with Gasteiger partial charge in [-0.2, -0.15) is 0 Å². The van der Waals surface area contributed by atoms with Crippen LogP contribution in [-0.2, 0) is 5.41 Å². The summed E-state index contributed by atoms with van der Waals surface area (Å²) >= 11 is 0. The van der Waals surface area contributed by atoms with E-state index in [1.54, 1.807) is 0 Å². The van der Waals surface area contributed by atoms with Crippen molar-refractivity contribution in [1.29, 1.82) is 0 Å². The molecule has 2 aliphatic carbocycles. The first kappa shape index (κ1) is 32.8. The monoisotopic (exact) mass is 719 g/mol. The second-order valence-electron chi connectivity index (χ2n) is 16.4. The predicted molar refractivity (Wildman–Crippen MR) is 237 cm³/mol. The quantitative estimate of drug-likeness (QED) is 0.176. The van der Waals surface area contributed by atoms with Crippen LogP contribution in [-0.4, -0.2) is 5.54 Å². The van der Waals surface area contributed by atoms with Gasteiger partial charge in [0.1, 0.15) is 11.2 Å². The van der Waals surface area contributed by atoms with Gasteiger partial charge in [-0.05, 0) is 128 Å². The summed E-state index contributed by atoms with van der Waals surface area (Å²) in [5.41, 5.74) is 14.2. The van der Waals surface area contributed by atoms with E-state index in [9.17, 15) is 0 Å². The molecule has 1 aromatic heterocycles. The van der Waals surface area contributed by atoms with Crippen molar-refractivity contribution in [3.8, 4) is 22.3 Å². The third-order valence-electron chi connectivity index (χ3n) is 12.6. The van der Waals surface area contributed by atoms with Gasteiger partial charge in [0, 0.05) is 27.6 Å². The zero-order valence-corrected chi connectivity index (χ0v) is 31.9. The van der Waals surface area contributed by atoms with Crippen molar-refractivity contribution in [1.82, 2.24) is 0 Å².